The first-order valence-corrected chi connectivity index (χ1v) is 11.6. The first-order valence-electron chi connectivity index (χ1n) is 11.6. The normalized spacial score (nSPS) is 21.8. The lowest BCUT2D eigenvalue weighted by molar-refractivity contribution is -0.155. The van der Waals surface area contributed by atoms with Crippen LogP contribution in [0.25, 0.3) is 11.1 Å². The molecule has 2 amide bonds. The highest BCUT2D eigenvalue weighted by Crippen LogP contribution is 2.44. The third-order valence-corrected chi connectivity index (χ3v) is 7.37. The van der Waals surface area contributed by atoms with E-state index in [4.69, 9.17) is 9.84 Å². The van der Waals surface area contributed by atoms with Crippen molar-refractivity contribution in [2.75, 3.05) is 26.2 Å². The van der Waals surface area contributed by atoms with Crippen LogP contribution in [-0.4, -0.2) is 54.2 Å². The molecule has 7 nitrogen and oxygen atoms in total. The van der Waals surface area contributed by atoms with Crippen LogP contribution in [0, 0.1) is 17.8 Å². The molecule has 3 aliphatic rings. The minimum atomic E-state index is -0.848. The zero-order valence-electron chi connectivity index (χ0n) is 18.4. The van der Waals surface area contributed by atoms with Crippen LogP contribution < -0.4 is 5.32 Å². The molecule has 2 aromatic rings. The Balaban J connectivity index is 1.14. The number of fused-ring (bicyclic) bond motifs is 3. The van der Waals surface area contributed by atoms with E-state index in [1.54, 1.807) is 4.90 Å². The van der Waals surface area contributed by atoms with E-state index in [2.05, 4.69) is 29.6 Å². The molecule has 0 radical (unpaired) electrons. The summed E-state index contributed by atoms with van der Waals surface area (Å²) in [5.41, 5.74) is 4.71. The van der Waals surface area contributed by atoms with Gasteiger partial charge in [-0.3, -0.25) is 9.59 Å². The summed E-state index contributed by atoms with van der Waals surface area (Å²) in [7, 11) is 0. The highest BCUT2D eigenvalue weighted by Gasteiger charge is 2.42. The van der Waals surface area contributed by atoms with Gasteiger partial charge in [0.15, 0.2) is 0 Å². The van der Waals surface area contributed by atoms with E-state index in [-0.39, 0.29) is 43.4 Å². The number of carbonyl (C=O) groups is 3. The maximum absolute atomic E-state index is 12.8. The lowest BCUT2D eigenvalue weighted by atomic mass is 9.91. The summed E-state index contributed by atoms with van der Waals surface area (Å²) < 4.78 is 5.60. The van der Waals surface area contributed by atoms with Gasteiger partial charge in [0, 0.05) is 31.5 Å². The van der Waals surface area contributed by atoms with Gasteiger partial charge in [-0.05, 0) is 41.0 Å². The van der Waals surface area contributed by atoms with Crippen molar-refractivity contribution in [2.24, 2.45) is 17.8 Å². The number of aliphatic carboxylic acids is 1. The van der Waals surface area contributed by atoms with Crippen molar-refractivity contribution < 1.29 is 24.2 Å². The number of benzene rings is 2. The predicted molar refractivity (Wildman–Crippen MR) is 122 cm³/mol. The molecule has 0 bridgehead atoms. The summed E-state index contributed by atoms with van der Waals surface area (Å²) in [6.45, 7) is 1.23. The average Bonchev–Trinajstić information content (AvgIpc) is 3.38. The van der Waals surface area contributed by atoms with Crippen molar-refractivity contribution in [3.8, 4) is 11.1 Å². The van der Waals surface area contributed by atoms with Crippen LogP contribution >= 0.6 is 0 Å². The highest BCUT2D eigenvalue weighted by atomic mass is 16.5. The van der Waals surface area contributed by atoms with Gasteiger partial charge < -0.3 is 20.1 Å². The number of hydrogen-bond acceptors (Lipinski definition) is 4. The average molecular weight is 449 g/mol. The molecule has 0 spiro atoms. The fourth-order valence-electron chi connectivity index (χ4n) is 5.52. The van der Waals surface area contributed by atoms with E-state index in [0.29, 0.717) is 6.54 Å². The fourth-order valence-corrected chi connectivity index (χ4v) is 5.52. The highest BCUT2D eigenvalue weighted by molar-refractivity contribution is 5.83. The Morgan fingerprint density at radius 1 is 0.970 bits per heavy atom. The molecule has 2 fully saturated rings. The topological polar surface area (TPSA) is 95.9 Å². The van der Waals surface area contributed by atoms with Gasteiger partial charge in [0.25, 0.3) is 0 Å². The monoisotopic (exact) mass is 448 g/mol. The second kappa shape index (κ2) is 8.89. The Morgan fingerprint density at radius 3 is 2.24 bits per heavy atom. The lowest BCUT2D eigenvalue weighted by Crippen LogP contribution is -2.55. The maximum atomic E-state index is 12.8. The molecule has 0 unspecified atom stereocenters. The van der Waals surface area contributed by atoms with Crippen LogP contribution in [0.5, 0.6) is 0 Å². The molecule has 1 saturated heterocycles. The van der Waals surface area contributed by atoms with Gasteiger partial charge >= 0.3 is 12.1 Å². The standard InChI is InChI=1S/C26H28N2O5/c29-24(28-13-17(14-28)25(30)31)18-11-5-6-16(18)12-27-26(32)33-15-23-21-9-3-1-7-19(21)20-8-2-4-10-22(20)23/h1-4,7-10,16-18,23H,5-6,11-15H2,(H,27,32)(H,30,31)/t16-,18-/m0/s1. The van der Waals surface area contributed by atoms with Crippen LogP contribution in [-0.2, 0) is 14.3 Å². The van der Waals surface area contributed by atoms with E-state index in [1.165, 1.54) is 22.3 Å². The van der Waals surface area contributed by atoms with E-state index >= 15 is 0 Å². The Kier molecular flexibility index (Phi) is 5.79. The van der Waals surface area contributed by atoms with E-state index in [1.807, 2.05) is 24.3 Å². The largest absolute Gasteiger partial charge is 0.481 e. The molecule has 7 heteroatoms. The summed E-state index contributed by atoms with van der Waals surface area (Å²) in [5.74, 6) is -1.37. The van der Waals surface area contributed by atoms with Crippen molar-refractivity contribution in [2.45, 2.75) is 25.2 Å². The first kappa shape index (κ1) is 21.5. The van der Waals surface area contributed by atoms with Gasteiger partial charge in [0.05, 0.1) is 5.92 Å². The van der Waals surface area contributed by atoms with Crippen molar-refractivity contribution in [1.29, 1.82) is 0 Å². The van der Waals surface area contributed by atoms with Gasteiger partial charge in [0.1, 0.15) is 6.61 Å². The SMILES string of the molecule is O=C(NC[C@@H]1CCC[C@@H]1C(=O)N1CC(C(=O)O)C1)OCC1c2ccccc2-c2ccccc21. The summed E-state index contributed by atoms with van der Waals surface area (Å²) >= 11 is 0. The van der Waals surface area contributed by atoms with Gasteiger partial charge in [-0.2, -0.15) is 0 Å². The smallest absolute Gasteiger partial charge is 0.407 e. The number of alkyl carbamates (subject to hydrolysis) is 1. The van der Waals surface area contributed by atoms with Crippen LogP contribution in [0.4, 0.5) is 4.79 Å². The number of ether oxygens (including phenoxy) is 1. The van der Waals surface area contributed by atoms with E-state index in [9.17, 15) is 14.4 Å². The lowest BCUT2D eigenvalue weighted by Gasteiger charge is -2.39. The molecular weight excluding hydrogens is 420 g/mol. The van der Waals surface area contributed by atoms with Crippen LogP contribution in [0.3, 0.4) is 0 Å². The molecular formula is C26H28N2O5. The molecule has 2 N–H and O–H groups in total. The number of likely N-dealkylation sites (tertiary alicyclic amines) is 1. The Bertz CT molecular complexity index is 1030. The predicted octanol–water partition coefficient (Wildman–Crippen LogP) is 3.48. The minimum absolute atomic E-state index is 0.0116. The number of nitrogens with one attached hydrogen (secondary N) is 1. The van der Waals surface area contributed by atoms with Crippen LogP contribution in [0.15, 0.2) is 48.5 Å². The molecule has 1 saturated carbocycles. The fraction of sp³-hybridized carbons (Fsp3) is 0.423. The number of hydrogen-bond donors (Lipinski definition) is 2. The molecule has 172 valence electrons. The summed E-state index contributed by atoms with van der Waals surface area (Å²) in [6, 6.07) is 16.4. The molecule has 5 rings (SSSR count). The number of carbonyl (C=O) groups excluding carboxylic acids is 2. The second-order valence-electron chi connectivity index (χ2n) is 9.28. The van der Waals surface area contributed by atoms with Gasteiger partial charge in [-0.1, -0.05) is 55.0 Å². The molecule has 2 aromatic carbocycles. The first-order chi connectivity index (χ1) is 16.0. The summed E-state index contributed by atoms with van der Waals surface area (Å²) in [4.78, 5) is 37.9. The van der Waals surface area contributed by atoms with Gasteiger partial charge in [-0.25, -0.2) is 4.79 Å². The zero-order chi connectivity index (χ0) is 22.9. The molecule has 1 aliphatic heterocycles. The Hall–Kier alpha value is -3.35. The van der Waals surface area contributed by atoms with Crippen molar-refractivity contribution in [3.63, 3.8) is 0 Å². The molecule has 2 atom stereocenters. The third kappa shape index (κ3) is 4.08. The van der Waals surface area contributed by atoms with E-state index in [0.717, 1.165) is 19.3 Å². The molecule has 1 heterocycles. The Labute approximate surface area is 192 Å². The molecule has 2 aliphatic carbocycles. The molecule has 33 heavy (non-hydrogen) atoms. The number of carboxylic acids is 1. The van der Waals surface area contributed by atoms with Crippen molar-refractivity contribution in [1.82, 2.24) is 10.2 Å². The third-order valence-electron chi connectivity index (χ3n) is 7.37. The second-order valence-corrected chi connectivity index (χ2v) is 9.28. The van der Waals surface area contributed by atoms with Crippen molar-refractivity contribution in [3.05, 3.63) is 59.7 Å². The van der Waals surface area contributed by atoms with Gasteiger partial charge in [-0.15, -0.1) is 0 Å². The molecule has 0 aromatic heterocycles. The Morgan fingerprint density at radius 2 is 1.61 bits per heavy atom. The van der Waals surface area contributed by atoms with Crippen LogP contribution in [0.2, 0.25) is 0 Å². The maximum Gasteiger partial charge on any atom is 0.407 e. The summed E-state index contributed by atoms with van der Waals surface area (Å²) in [6.07, 6.45) is 2.12. The quantitative estimate of drug-likeness (QED) is 0.705. The van der Waals surface area contributed by atoms with Crippen molar-refractivity contribution >= 4 is 18.0 Å². The number of rotatable bonds is 6. The number of nitrogens with zero attached hydrogens (tertiary/aromatic N) is 1. The zero-order valence-corrected chi connectivity index (χ0v) is 18.4. The number of amides is 2. The summed E-state index contributed by atoms with van der Waals surface area (Å²) in [5, 5.41) is 11.9. The minimum Gasteiger partial charge on any atom is -0.481 e. The number of carboxylic acid groups (broad SMARTS) is 1. The van der Waals surface area contributed by atoms with Gasteiger partial charge in [0.2, 0.25) is 5.91 Å². The van der Waals surface area contributed by atoms with E-state index < -0.39 is 18.0 Å². The van der Waals surface area contributed by atoms with Crippen LogP contribution in [0.1, 0.15) is 36.3 Å².